The number of primary amides is 1. The van der Waals surface area contributed by atoms with Crippen molar-refractivity contribution in [3.8, 4) is 0 Å². The number of benzene rings is 1. The van der Waals surface area contributed by atoms with Gasteiger partial charge >= 0.3 is 0 Å². The van der Waals surface area contributed by atoms with E-state index in [0.717, 1.165) is 48.0 Å². The van der Waals surface area contributed by atoms with Crippen molar-refractivity contribution in [2.45, 2.75) is 38.6 Å². The van der Waals surface area contributed by atoms with Crippen LogP contribution >= 0.6 is 0 Å². The maximum absolute atomic E-state index is 11.2. The van der Waals surface area contributed by atoms with Crippen molar-refractivity contribution in [3.05, 3.63) is 35.9 Å². The van der Waals surface area contributed by atoms with Crippen LogP contribution in [0.15, 0.2) is 30.3 Å². The summed E-state index contributed by atoms with van der Waals surface area (Å²) < 4.78 is 0. The van der Waals surface area contributed by atoms with Crippen LogP contribution in [0.25, 0.3) is 10.9 Å². The fraction of sp³-hybridized carbons (Fsp3) is 0.412. The maximum Gasteiger partial charge on any atom is 0.220 e. The molecule has 1 saturated carbocycles. The van der Waals surface area contributed by atoms with E-state index < -0.39 is 0 Å². The highest BCUT2D eigenvalue weighted by Crippen LogP contribution is 2.27. The van der Waals surface area contributed by atoms with Gasteiger partial charge in [0.2, 0.25) is 5.91 Å². The first-order chi connectivity index (χ1) is 10.1. The van der Waals surface area contributed by atoms with Crippen LogP contribution in [0.5, 0.6) is 0 Å². The Morgan fingerprint density at radius 3 is 2.67 bits per heavy atom. The highest BCUT2D eigenvalue weighted by molar-refractivity contribution is 5.81. The van der Waals surface area contributed by atoms with Crippen molar-refractivity contribution in [3.63, 3.8) is 0 Å². The third kappa shape index (κ3) is 2.99. The van der Waals surface area contributed by atoms with Crippen molar-refractivity contribution in [1.82, 2.24) is 4.98 Å². The third-order valence-corrected chi connectivity index (χ3v) is 4.38. The van der Waals surface area contributed by atoms with Crippen molar-refractivity contribution in [2.75, 3.05) is 5.32 Å². The summed E-state index contributed by atoms with van der Waals surface area (Å²) in [5, 5.41) is 4.70. The van der Waals surface area contributed by atoms with Gasteiger partial charge in [0.05, 0.1) is 5.52 Å². The van der Waals surface area contributed by atoms with E-state index >= 15 is 0 Å². The van der Waals surface area contributed by atoms with Crippen LogP contribution in [0, 0.1) is 12.8 Å². The summed E-state index contributed by atoms with van der Waals surface area (Å²) in [5.41, 5.74) is 7.55. The number of carbonyl (C=O) groups is 1. The molecule has 1 aromatic heterocycles. The molecule has 0 aliphatic heterocycles. The molecule has 0 bridgehead atoms. The number of para-hydroxylation sites is 1. The summed E-state index contributed by atoms with van der Waals surface area (Å²) in [6.45, 7) is 2.08. The molecule has 1 fully saturated rings. The van der Waals surface area contributed by atoms with Gasteiger partial charge in [-0.3, -0.25) is 4.79 Å². The second kappa shape index (κ2) is 5.72. The summed E-state index contributed by atoms with van der Waals surface area (Å²) >= 11 is 0. The Morgan fingerprint density at radius 2 is 1.95 bits per heavy atom. The first kappa shape index (κ1) is 13.9. The topological polar surface area (TPSA) is 68.0 Å². The Morgan fingerprint density at radius 1 is 1.24 bits per heavy atom. The number of aromatic nitrogens is 1. The second-order valence-electron chi connectivity index (χ2n) is 5.94. The highest BCUT2D eigenvalue weighted by atomic mass is 16.1. The number of rotatable bonds is 3. The van der Waals surface area contributed by atoms with Gasteiger partial charge in [-0.25, -0.2) is 4.98 Å². The largest absolute Gasteiger partial charge is 0.369 e. The van der Waals surface area contributed by atoms with E-state index in [9.17, 15) is 4.79 Å². The molecule has 3 N–H and O–H groups in total. The second-order valence-corrected chi connectivity index (χ2v) is 5.94. The molecule has 1 aromatic carbocycles. The van der Waals surface area contributed by atoms with Gasteiger partial charge in [0, 0.05) is 17.3 Å². The number of hydrogen-bond acceptors (Lipinski definition) is 3. The van der Waals surface area contributed by atoms with Crippen LogP contribution in [0.3, 0.4) is 0 Å². The molecule has 1 amide bonds. The van der Waals surface area contributed by atoms with E-state index in [4.69, 9.17) is 10.7 Å². The molecule has 4 nitrogen and oxygen atoms in total. The standard InChI is InChI=1S/C17H21N3O/c1-11-10-13-4-2-3-5-15(13)20-17(11)19-14-8-6-12(7-9-14)16(18)21/h2-5,10,12,14H,6-9H2,1H3,(H2,18,21)(H,19,20). The van der Waals surface area contributed by atoms with E-state index in [1.165, 1.54) is 0 Å². The van der Waals surface area contributed by atoms with Crippen LogP contribution in [-0.4, -0.2) is 16.9 Å². The molecular formula is C17H21N3O. The zero-order chi connectivity index (χ0) is 14.8. The molecule has 0 spiro atoms. The Hall–Kier alpha value is -2.10. The predicted molar refractivity (Wildman–Crippen MR) is 85.0 cm³/mol. The van der Waals surface area contributed by atoms with Gasteiger partial charge in [0.25, 0.3) is 0 Å². The van der Waals surface area contributed by atoms with Crippen LogP contribution in [-0.2, 0) is 4.79 Å². The fourth-order valence-corrected chi connectivity index (χ4v) is 3.08. The monoisotopic (exact) mass is 283 g/mol. The number of carbonyl (C=O) groups excluding carboxylic acids is 1. The lowest BCUT2D eigenvalue weighted by Crippen LogP contribution is -2.32. The van der Waals surface area contributed by atoms with Gasteiger partial charge in [0.15, 0.2) is 0 Å². The summed E-state index contributed by atoms with van der Waals surface area (Å²) in [5.74, 6) is 0.846. The van der Waals surface area contributed by atoms with Crippen molar-refractivity contribution in [2.24, 2.45) is 11.7 Å². The zero-order valence-electron chi connectivity index (χ0n) is 12.3. The molecule has 0 unspecified atom stereocenters. The van der Waals surface area contributed by atoms with Crippen LogP contribution in [0.2, 0.25) is 0 Å². The molecule has 1 aliphatic carbocycles. The Balaban J connectivity index is 1.73. The first-order valence-corrected chi connectivity index (χ1v) is 7.56. The van der Waals surface area contributed by atoms with Crippen molar-refractivity contribution < 1.29 is 4.79 Å². The van der Waals surface area contributed by atoms with Crippen molar-refractivity contribution in [1.29, 1.82) is 0 Å². The number of fused-ring (bicyclic) bond motifs is 1. The lowest BCUT2D eigenvalue weighted by Gasteiger charge is -2.28. The van der Waals surface area contributed by atoms with E-state index in [-0.39, 0.29) is 11.8 Å². The number of nitrogens with one attached hydrogen (secondary N) is 1. The molecule has 1 heterocycles. The number of pyridine rings is 1. The SMILES string of the molecule is Cc1cc2ccccc2nc1NC1CCC(C(N)=O)CC1. The maximum atomic E-state index is 11.2. The van der Waals surface area contributed by atoms with Gasteiger partial charge in [0.1, 0.15) is 5.82 Å². The van der Waals surface area contributed by atoms with Gasteiger partial charge in [-0.1, -0.05) is 18.2 Å². The Kier molecular flexibility index (Phi) is 3.78. The number of aryl methyl sites for hydroxylation is 1. The third-order valence-electron chi connectivity index (χ3n) is 4.38. The molecule has 110 valence electrons. The van der Waals surface area contributed by atoms with Crippen molar-refractivity contribution >= 4 is 22.6 Å². The number of nitrogens with zero attached hydrogens (tertiary/aromatic N) is 1. The van der Waals surface area contributed by atoms with E-state index in [2.05, 4.69) is 24.4 Å². The average Bonchev–Trinajstić information content (AvgIpc) is 2.48. The Labute approximate surface area is 124 Å². The van der Waals surface area contributed by atoms with Crippen LogP contribution < -0.4 is 11.1 Å². The number of nitrogens with two attached hydrogens (primary N) is 1. The molecular weight excluding hydrogens is 262 g/mol. The fourth-order valence-electron chi connectivity index (χ4n) is 3.08. The lowest BCUT2D eigenvalue weighted by atomic mass is 9.85. The minimum absolute atomic E-state index is 0.0497. The summed E-state index contributed by atoms with van der Waals surface area (Å²) in [7, 11) is 0. The normalized spacial score (nSPS) is 22.1. The van der Waals surface area contributed by atoms with Crippen LogP contribution in [0.4, 0.5) is 5.82 Å². The van der Waals surface area contributed by atoms with Gasteiger partial charge in [-0.2, -0.15) is 0 Å². The summed E-state index contributed by atoms with van der Waals surface area (Å²) in [4.78, 5) is 15.9. The molecule has 0 radical (unpaired) electrons. The molecule has 21 heavy (non-hydrogen) atoms. The number of anilines is 1. The molecule has 2 aromatic rings. The van der Waals surface area contributed by atoms with E-state index in [1.807, 2.05) is 18.2 Å². The highest BCUT2D eigenvalue weighted by Gasteiger charge is 2.25. The lowest BCUT2D eigenvalue weighted by molar-refractivity contribution is -0.122. The first-order valence-electron chi connectivity index (χ1n) is 7.56. The molecule has 4 heteroatoms. The molecule has 3 rings (SSSR count). The summed E-state index contributed by atoms with van der Waals surface area (Å²) in [6.07, 6.45) is 3.70. The van der Waals surface area contributed by atoms with Gasteiger partial charge < -0.3 is 11.1 Å². The molecule has 0 saturated heterocycles. The Bertz CT molecular complexity index is 660. The van der Waals surface area contributed by atoms with Gasteiger partial charge in [-0.05, 0) is 50.3 Å². The van der Waals surface area contributed by atoms with Crippen LogP contribution in [0.1, 0.15) is 31.2 Å². The predicted octanol–water partition coefficient (Wildman–Crippen LogP) is 3.00. The molecule has 0 atom stereocenters. The quantitative estimate of drug-likeness (QED) is 0.910. The van der Waals surface area contributed by atoms with E-state index in [1.54, 1.807) is 0 Å². The minimum Gasteiger partial charge on any atom is -0.369 e. The average molecular weight is 283 g/mol. The van der Waals surface area contributed by atoms with E-state index in [0.29, 0.717) is 6.04 Å². The summed E-state index contributed by atoms with van der Waals surface area (Å²) in [6, 6.07) is 10.7. The smallest absolute Gasteiger partial charge is 0.220 e. The number of hydrogen-bond donors (Lipinski definition) is 2. The van der Waals surface area contributed by atoms with Gasteiger partial charge in [-0.15, -0.1) is 0 Å². The minimum atomic E-state index is -0.159. The zero-order valence-corrected chi connectivity index (χ0v) is 12.3. The molecule has 1 aliphatic rings. The number of amides is 1.